The Morgan fingerprint density at radius 3 is 1.34 bits per heavy atom. The molecule has 0 N–H and O–H groups in total. The van der Waals surface area contributed by atoms with Gasteiger partial charge in [-0.3, -0.25) is 0 Å². The van der Waals surface area contributed by atoms with E-state index < -0.39 is 0 Å². The Morgan fingerprint density at radius 1 is 0.690 bits per heavy atom. The molecule has 4 aromatic heterocycles. The van der Waals surface area contributed by atoms with E-state index in [4.69, 9.17) is 0 Å². The summed E-state index contributed by atoms with van der Waals surface area (Å²) in [7, 11) is 4.34. The molecular formula is C20H15BBr2NS5. The van der Waals surface area contributed by atoms with Gasteiger partial charge in [0.1, 0.15) is 0 Å². The van der Waals surface area contributed by atoms with Gasteiger partial charge in [0, 0.05) is 19.5 Å². The van der Waals surface area contributed by atoms with Crippen molar-refractivity contribution < 1.29 is 0 Å². The molecule has 0 fully saturated rings. The molecular weight excluding hydrogens is 585 g/mol. The molecule has 9 heteroatoms. The number of halogens is 2. The Balaban J connectivity index is 0.000000184. The number of thiol groups is 1. The van der Waals surface area contributed by atoms with Gasteiger partial charge in [-0.2, -0.15) is 0 Å². The first-order valence-corrected chi connectivity index (χ1v) is 13.5. The Hall–Kier alpha value is -0.545. The molecule has 1 nitrogen and oxygen atoms in total. The van der Waals surface area contributed by atoms with E-state index in [0.717, 1.165) is 0 Å². The first-order chi connectivity index (χ1) is 14.1. The van der Waals surface area contributed by atoms with Crippen molar-refractivity contribution in [3.05, 3.63) is 86.4 Å². The number of hydrogen-bond donors (Lipinski definition) is 1. The second kappa shape index (κ2) is 14.5. The van der Waals surface area contributed by atoms with Crippen LogP contribution < -0.4 is 0 Å². The third-order valence-electron chi connectivity index (χ3n) is 3.10. The van der Waals surface area contributed by atoms with Crippen LogP contribution in [0.1, 0.15) is 19.5 Å². The van der Waals surface area contributed by atoms with Gasteiger partial charge < -0.3 is 0 Å². The zero-order valence-corrected chi connectivity index (χ0v) is 22.3. The van der Waals surface area contributed by atoms with E-state index in [1.54, 1.807) is 45.3 Å². The van der Waals surface area contributed by atoms with Crippen molar-refractivity contribution in [3.63, 3.8) is 0 Å². The van der Waals surface area contributed by atoms with Crippen molar-refractivity contribution >= 4 is 122 Å². The van der Waals surface area contributed by atoms with Crippen LogP contribution in [0, 0.1) is 0 Å². The minimum atomic E-state index is 1.17. The molecule has 4 heterocycles. The molecule has 0 atom stereocenters. The van der Waals surface area contributed by atoms with E-state index in [-0.39, 0.29) is 0 Å². The summed E-state index contributed by atoms with van der Waals surface area (Å²) in [6.45, 7) is 0. The third kappa shape index (κ3) is 10.4. The number of thiophene rings is 4. The van der Waals surface area contributed by atoms with Crippen LogP contribution in [-0.4, -0.2) is 7.64 Å². The van der Waals surface area contributed by atoms with Gasteiger partial charge >= 0.3 is 24.8 Å². The summed E-state index contributed by atoms with van der Waals surface area (Å²) < 4.78 is 5.04. The van der Waals surface area contributed by atoms with Gasteiger partial charge in [-0.25, -0.2) is 0 Å². The Labute approximate surface area is 210 Å². The van der Waals surface area contributed by atoms with Crippen molar-refractivity contribution in [1.82, 2.24) is 0 Å². The quantitative estimate of drug-likeness (QED) is 0.177. The number of hydrogen-bond acceptors (Lipinski definition) is 6. The van der Waals surface area contributed by atoms with Crippen molar-refractivity contribution in [1.29, 1.82) is 0 Å². The van der Waals surface area contributed by atoms with Crippen molar-refractivity contribution in [2.45, 2.75) is 0 Å². The number of rotatable bonds is 4. The Morgan fingerprint density at radius 2 is 1.07 bits per heavy atom. The van der Waals surface area contributed by atoms with Crippen molar-refractivity contribution in [2.24, 2.45) is 4.30 Å². The van der Waals surface area contributed by atoms with E-state index in [1.807, 2.05) is 0 Å². The molecule has 147 valence electrons. The van der Waals surface area contributed by atoms with Crippen LogP contribution in [0.3, 0.4) is 0 Å². The van der Waals surface area contributed by atoms with Gasteiger partial charge in [0.15, 0.2) is 0 Å². The van der Waals surface area contributed by atoms with Crippen LogP contribution in [0.5, 0.6) is 0 Å². The minimum absolute atomic E-state index is 1.17. The fourth-order valence-electron chi connectivity index (χ4n) is 1.94. The average molecular weight is 600 g/mol. The van der Waals surface area contributed by atoms with E-state index in [1.165, 1.54) is 27.1 Å². The van der Waals surface area contributed by atoms with Gasteiger partial charge in [-0.05, 0) is 103 Å². The summed E-state index contributed by atoms with van der Waals surface area (Å²) in [4.78, 5) is 5.15. The summed E-state index contributed by atoms with van der Waals surface area (Å²) in [5.41, 5.74) is 0. The Kier molecular flexibility index (Phi) is 12.3. The molecule has 1 radical (unpaired) electrons. The summed E-state index contributed by atoms with van der Waals surface area (Å²) in [5.74, 6) is 0. The van der Waals surface area contributed by atoms with Crippen molar-refractivity contribution in [2.75, 3.05) is 0 Å². The number of nitrogens with zero attached hydrogens (tertiary/aromatic N) is 1. The summed E-state index contributed by atoms with van der Waals surface area (Å²) in [6, 6.07) is 16.7. The molecule has 4 rings (SSSR count). The van der Waals surface area contributed by atoms with Gasteiger partial charge in [-0.15, -0.1) is 45.3 Å². The average Bonchev–Trinajstić information content (AvgIpc) is 3.49. The topological polar surface area (TPSA) is 12.4 Å². The Bertz CT molecular complexity index is 939. The van der Waals surface area contributed by atoms with E-state index in [2.05, 4.69) is 140 Å². The molecule has 0 amide bonds. The molecule has 0 unspecified atom stereocenters. The molecule has 0 bridgehead atoms. The fourth-order valence-corrected chi connectivity index (χ4v) is 5.83. The maximum atomic E-state index is 4.34. The second-order valence-electron chi connectivity index (χ2n) is 5.10. The first kappa shape index (κ1) is 24.7. The molecule has 0 aliphatic rings. The maximum absolute atomic E-state index is 4.34. The van der Waals surface area contributed by atoms with Crippen molar-refractivity contribution in [3.8, 4) is 0 Å². The predicted octanol–water partition coefficient (Wildman–Crippen LogP) is 9.67. The molecule has 4 aromatic rings. The summed E-state index contributed by atoms with van der Waals surface area (Å²) >= 11 is 17.1. The van der Waals surface area contributed by atoms with Gasteiger partial charge in [0.25, 0.3) is 0 Å². The van der Waals surface area contributed by atoms with Crippen LogP contribution in [0.15, 0.2) is 71.2 Å². The van der Waals surface area contributed by atoms with E-state index in [9.17, 15) is 0 Å². The molecule has 0 saturated heterocycles. The zero-order valence-electron chi connectivity index (χ0n) is 14.9. The van der Waals surface area contributed by atoms with Crippen LogP contribution in [0.2, 0.25) is 0 Å². The summed E-state index contributed by atoms with van der Waals surface area (Å²) in [5, 5.41) is 4.18. The third-order valence-corrected chi connectivity index (χ3v) is 7.95. The van der Waals surface area contributed by atoms with Crippen LogP contribution >= 0.6 is 90.0 Å². The molecule has 0 aliphatic carbocycles. The molecule has 0 spiro atoms. The van der Waals surface area contributed by atoms with Crippen LogP contribution in [0.25, 0.3) is 24.3 Å². The van der Waals surface area contributed by atoms with Gasteiger partial charge in [0.2, 0.25) is 0 Å². The standard InChI is InChI=1S/C10H6Br2S2.C10H8S2.BHNS/c11-9-5-3-7(13-9)1-2-8-4-6-10(12)14-8;1-3-9(11-7-1)5-6-10-4-2-8-12-10;1-2-3/h1-6H;1-8H;3H/b2-1+;6-5+;. The zero-order chi connectivity index (χ0) is 20.9. The molecule has 0 aliphatic heterocycles. The van der Waals surface area contributed by atoms with Gasteiger partial charge in [0.05, 0.1) is 7.57 Å². The van der Waals surface area contributed by atoms with E-state index in [0.29, 0.717) is 0 Å². The first-order valence-electron chi connectivity index (χ1n) is 8.09. The monoisotopic (exact) mass is 598 g/mol. The molecule has 0 aromatic carbocycles. The predicted molar refractivity (Wildman–Crippen MR) is 148 cm³/mol. The normalized spacial score (nSPS) is 10.4. The molecule has 0 saturated carbocycles. The van der Waals surface area contributed by atoms with Crippen LogP contribution in [-0.2, 0) is 0 Å². The van der Waals surface area contributed by atoms with E-state index >= 15 is 0 Å². The second-order valence-corrected chi connectivity index (χ2v) is 12.3. The summed E-state index contributed by atoms with van der Waals surface area (Å²) in [6.07, 6.45) is 8.56. The van der Waals surface area contributed by atoms with Crippen LogP contribution in [0.4, 0.5) is 0 Å². The SMILES string of the molecule is Brc1ccc(/C=C/c2ccc(Br)s2)s1.C(=C\c1cccs1)/c1cccs1.[B]=NS. The fraction of sp³-hybridized carbons (Fsp3) is 0. The van der Waals surface area contributed by atoms with Gasteiger partial charge in [-0.1, -0.05) is 12.1 Å². The molecule has 29 heavy (non-hydrogen) atoms.